The van der Waals surface area contributed by atoms with Gasteiger partial charge in [0.2, 0.25) is 0 Å². The first-order valence-corrected chi connectivity index (χ1v) is 8.39. The third kappa shape index (κ3) is 2.85. The SMILES string of the molecule is Cc1sc(-c2ccc(Br)cn2)nc1-c1ccc(Br)cc1. The molecule has 5 heteroatoms. The highest BCUT2D eigenvalue weighted by atomic mass is 79.9. The van der Waals surface area contributed by atoms with Crippen LogP contribution in [0.15, 0.2) is 51.5 Å². The maximum Gasteiger partial charge on any atom is 0.142 e. The Morgan fingerprint density at radius 2 is 1.65 bits per heavy atom. The van der Waals surface area contributed by atoms with Crippen molar-refractivity contribution >= 4 is 43.2 Å². The van der Waals surface area contributed by atoms with E-state index in [4.69, 9.17) is 4.98 Å². The number of hydrogen-bond donors (Lipinski definition) is 0. The Labute approximate surface area is 138 Å². The van der Waals surface area contributed by atoms with Gasteiger partial charge in [0.25, 0.3) is 0 Å². The highest BCUT2D eigenvalue weighted by Gasteiger charge is 2.12. The number of rotatable bonds is 2. The van der Waals surface area contributed by atoms with Crippen molar-refractivity contribution in [2.24, 2.45) is 0 Å². The molecule has 100 valence electrons. The molecule has 0 saturated heterocycles. The van der Waals surface area contributed by atoms with Crippen molar-refractivity contribution < 1.29 is 0 Å². The van der Waals surface area contributed by atoms with Gasteiger partial charge in [0.1, 0.15) is 5.01 Å². The van der Waals surface area contributed by atoms with Crippen molar-refractivity contribution in [1.82, 2.24) is 9.97 Å². The highest BCUT2D eigenvalue weighted by Crippen LogP contribution is 2.33. The molecule has 0 radical (unpaired) electrons. The van der Waals surface area contributed by atoms with Crippen LogP contribution in [0.2, 0.25) is 0 Å². The van der Waals surface area contributed by atoms with Crippen LogP contribution in [0.4, 0.5) is 0 Å². The van der Waals surface area contributed by atoms with E-state index in [1.807, 2.05) is 24.3 Å². The number of hydrogen-bond acceptors (Lipinski definition) is 3. The number of halogens is 2. The molecule has 0 fully saturated rings. The summed E-state index contributed by atoms with van der Waals surface area (Å²) in [4.78, 5) is 10.3. The molecule has 3 aromatic rings. The molecule has 0 aliphatic rings. The third-order valence-electron chi connectivity index (χ3n) is 2.86. The van der Waals surface area contributed by atoms with Gasteiger partial charge in [0.05, 0.1) is 11.4 Å². The van der Waals surface area contributed by atoms with Gasteiger partial charge in [-0.15, -0.1) is 11.3 Å². The van der Waals surface area contributed by atoms with Crippen LogP contribution in [0.5, 0.6) is 0 Å². The molecular weight excluding hydrogens is 400 g/mol. The lowest BCUT2D eigenvalue weighted by Gasteiger charge is -1.98. The monoisotopic (exact) mass is 408 g/mol. The van der Waals surface area contributed by atoms with Gasteiger partial charge < -0.3 is 0 Å². The van der Waals surface area contributed by atoms with E-state index in [2.05, 4.69) is 55.9 Å². The van der Waals surface area contributed by atoms with E-state index in [-0.39, 0.29) is 0 Å². The Morgan fingerprint density at radius 3 is 2.30 bits per heavy atom. The summed E-state index contributed by atoms with van der Waals surface area (Å²) >= 11 is 8.52. The van der Waals surface area contributed by atoms with E-state index in [0.29, 0.717) is 0 Å². The lowest BCUT2D eigenvalue weighted by molar-refractivity contribution is 1.27. The summed E-state index contributed by atoms with van der Waals surface area (Å²) in [6.45, 7) is 2.09. The number of pyridine rings is 1. The Hall–Kier alpha value is -1.04. The Morgan fingerprint density at radius 1 is 0.950 bits per heavy atom. The third-order valence-corrected chi connectivity index (χ3v) is 4.85. The summed E-state index contributed by atoms with van der Waals surface area (Å²) in [5.41, 5.74) is 3.07. The predicted molar refractivity (Wildman–Crippen MR) is 90.9 cm³/mol. The van der Waals surface area contributed by atoms with Crippen molar-refractivity contribution in [1.29, 1.82) is 0 Å². The quantitative estimate of drug-likeness (QED) is 0.542. The van der Waals surface area contributed by atoms with Crippen LogP contribution in [0, 0.1) is 6.92 Å². The minimum Gasteiger partial charge on any atom is -0.253 e. The van der Waals surface area contributed by atoms with Gasteiger partial charge in [-0.05, 0) is 47.1 Å². The minimum absolute atomic E-state index is 0.907. The largest absolute Gasteiger partial charge is 0.253 e. The van der Waals surface area contributed by atoms with Crippen LogP contribution in [-0.2, 0) is 0 Å². The molecule has 0 bridgehead atoms. The van der Waals surface area contributed by atoms with Gasteiger partial charge in [0.15, 0.2) is 0 Å². The molecule has 3 rings (SSSR count). The van der Waals surface area contributed by atoms with Crippen molar-refractivity contribution in [3.8, 4) is 22.0 Å². The molecule has 20 heavy (non-hydrogen) atoms. The van der Waals surface area contributed by atoms with Crippen molar-refractivity contribution in [2.75, 3.05) is 0 Å². The molecule has 0 N–H and O–H groups in total. The topological polar surface area (TPSA) is 25.8 Å². The van der Waals surface area contributed by atoms with E-state index in [0.717, 1.165) is 30.9 Å². The summed E-state index contributed by atoms with van der Waals surface area (Å²) < 4.78 is 2.05. The number of aromatic nitrogens is 2. The summed E-state index contributed by atoms with van der Waals surface area (Å²) in [5.74, 6) is 0. The number of nitrogens with zero attached hydrogens (tertiary/aromatic N) is 2. The van der Waals surface area contributed by atoms with Crippen LogP contribution in [0.3, 0.4) is 0 Å². The van der Waals surface area contributed by atoms with E-state index < -0.39 is 0 Å². The van der Waals surface area contributed by atoms with Gasteiger partial charge in [0, 0.05) is 25.6 Å². The molecule has 0 aliphatic heterocycles. The molecule has 2 aromatic heterocycles. The molecule has 0 amide bonds. The van der Waals surface area contributed by atoms with E-state index in [1.165, 1.54) is 4.88 Å². The van der Waals surface area contributed by atoms with E-state index >= 15 is 0 Å². The average molecular weight is 410 g/mol. The summed E-state index contributed by atoms with van der Waals surface area (Å²) in [5, 5.41) is 0.952. The predicted octanol–water partition coefficient (Wildman–Crippen LogP) is 5.71. The summed E-state index contributed by atoms with van der Waals surface area (Å²) in [6.07, 6.45) is 1.80. The smallest absolute Gasteiger partial charge is 0.142 e. The molecule has 0 unspecified atom stereocenters. The minimum atomic E-state index is 0.907. The van der Waals surface area contributed by atoms with Gasteiger partial charge >= 0.3 is 0 Å². The second-order valence-corrected chi connectivity index (χ2v) is 7.33. The second kappa shape index (κ2) is 5.76. The van der Waals surface area contributed by atoms with Gasteiger partial charge in [-0.25, -0.2) is 4.98 Å². The second-order valence-electron chi connectivity index (χ2n) is 4.29. The Balaban J connectivity index is 2.02. The first-order chi connectivity index (χ1) is 9.63. The lowest BCUT2D eigenvalue weighted by Crippen LogP contribution is -1.83. The van der Waals surface area contributed by atoms with Crippen molar-refractivity contribution in [2.45, 2.75) is 6.92 Å². The summed E-state index contributed by atoms with van der Waals surface area (Å²) in [6, 6.07) is 12.2. The molecule has 2 heterocycles. The average Bonchev–Trinajstić information content (AvgIpc) is 2.82. The molecule has 0 saturated carbocycles. The Bertz CT molecular complexity index is 734. The Kier molecular flexibility index (Phi) is 4.01. The van der Waals surface area contributed by atoms with Gasteiger partial charge in [-0.2, -0.15) is 0 Å². The zero-order valence-electron chi connectivity index (χ0n) is 10.6. The molecule has 0 atom stereocenters. The molecule has 0 aliphatic carbocycles. The van der Waals surface area contributed by atoms with Crippen LogP contribution < -0.4 is 0 Å². The van der Waals surface area contributed by atoms with E-state index in [1.54, 1.807) is 17.5 Å². The zero-order chi connectivity index (χ0) is 14.1. The first kappa shape index (κ1) is 13.9. The zero-order valence-corrected chi connectivity index (χ0v) is 14.6. The van der Waals surface area contributed by atoms with Gasteiger partial charge in [-0.3, -0.25) is 4.98 Å². The lowest BCUT2D eigenvalue weighted by atomic mass is 10.1. The maximum absolute atomic E-state index is 4.74. The fraction of sp³-hybridized carbons (Fsp3) is 0.0667. The standard InChI is InChI=1S/C15H10Br2N2S/c1-9-14(10-2-4-11(16)5-3-10)19-15(20-9)13-7-6-12(17)8-18-13/h2-8H,1H3. The number of thiazole rings is 1. The van der Waals surface area contributed by atoms with E-state index in [9.17, 15) is 0 Å². The van der Waals surface area contributed by atoms with Crippen LogP contribution in [0.25, 0.3) is 22.0 Å². The highest BCUT2D eigenvalue weighted by molar-refractivity contribution is 9.10. The maximum atomic E-state index is 4.74. The fourth-order valence-electron chi connectivity index (χ4n) is 1.88. The molecule has 2 nitrogen and oxygen atoms in total. The molecule has 1 aromatic carbocycles. The van der Waals surface area contributed by atoms with Crippen LogP contribution in [-0.4, -0.2) is 9.97 Å². The first-order valence-electron chi connectivity index (χ1n) is 5.99. The fourth-order valence-corrected chi connectivity index (χ4v) is 3.30. The molecular formula is C15H10Br2N2S. The number of aryl methyl sites for hydroxylation is 1. The normalized spacial score (nSPS) is 10.8. The van der Waals surface area contributed by atoms with Gasteiger partial charge in [-0.1, -0.05) is 28.1 Å². The molecule has 0 spiro atoms. The van der Waals surface area contributed by atoms with Crippen molar-refractivity contribution in [3.63, 3.8) is 0 Å². The van der Waals surface area contributed by atoms with Crippen LogP contribution >= 0.6 is 43.2 Å². The van der Waals surface area contributed by atoms with Crippen LogP contribution in [0.1, 0.15) is 4.88 Å². The summed E-state index contributed by atoms with van der Waals surface area (Å²) in [7, 11) is 0. The number of benzene rings is 1. The van der Waals surface area contributed by atoms with Crippen molar-refractivity contribution in [3.05, 3.63) is 56.4 Å².